The van der Waals surface area contributed by atoms with E-state index in [0.717, 1.165) is 36.4 Å². The van der Waals surface area contributed by atoms with Crippen LogP contribution in [0.5, 0.6) is 0 Å². The van der Waals surface area contributed by atoms with Gasteiger partial charge in [0.25, 0.3) is 0 Å². The van der Waals surface area contributed by atoms with Crippen LogP contribution < -0.4 is 10.6 Å². The molecule has 35 heavy (non-hydrogen) atoms. The number of amides is 1. The van der Waals surface area contributed by atoms with E-state index in [-0.39, 0.29) is 12.8 Å². The molecule has 1 fully saturated rings. The highest BCUT2D eigenvalue weighted by Gasteiger charge is 2.48. The van der Waals surface area contributed by atoms with Crippen LogP contribution in [0, 0.1) is 28.8 Å². The molecule has 1 unspecified atom stereocenters. The minimum atomic E-state index is -5.02. The van der Waals surface area contributed by atoms with Crippen molar-refractivity contribution < 1.29 is 39.6 Å². The summed E-state index contributed by atoms with van der Waals surface area (Å²) in [5.74, 6) is -6.32. The molecule has 0 bridgehead atoms. The van der Waals surface area contributed by atoms with E-state index >= 15 is 0 Å². The molecule has 0 aromatic heterocycles. The van der Waals surface area contributed by atoms with Crippen molar-refractivity contribution in [2.75, 3.05) is 5.75 Å². The molecular formula is C22H19F6N3O3S. The molecule has 3 rings (SSSR count). The van der Waals surface area contributed by atoms with Crippen molar-refractivity contribution in [3.05, 3.63) is 71.0 Å². The third-order valence-corrected chi connectivity index (χ3v) is 6.94. The second-order valence-electron chi connectivity index (χ2n) is 8.22. The fourth-order valence-corrected chi connectivity index (χ4v) is 4.92. The fourth-order valence-electron chi connectivity index (χ4n) is 3.34. The maximum absolute atomic E-state index is 14.0. The average molecular weight is 519 g/mol. The third kappa shape index (κ3) is 6.95. The maximum atomic E-state index is 14.0. The van der Waals surface area contributed by atoms with Gasteiger partial charge in [0.05, 0.1) is 17.6 Å². The zero-order valence-corrected chi connectivity index (χ0v) is 18.7. The number of benzene rings is 2. The van der Waals surface area contributed by atoms with Crippen molar-refractivity contribution >= 4 is 15.7 Å². The van der Waals surface area contributed by atoms with Crippen LogP contribution in [-0.2, 0) is 20.4 Å². The van der Waals surface area contributed by atoms with E-state index in [2.05, 4.69) is 5.32 Å². The van der Waals surface area contributed by atoms with Gasteiger partial charge in [-0.1, -0.05) is 18.2 Å². The highest BCUT2D eigenvalue weighted by atomic mass is 32.2. The number of carbonyl (C=O) groups excluding carboxylic acids is 1. The maximum Gasteiger partial charge on any atom is 0.407 e. The van der Waals surface area contributed by atoms with Gasteiger partial charge < -0.3 is 5.32 Å². The second-order valence-corrected chi connectivity index (χ2v) is 10.3. The summed E-state index contributed by atoms with van der Waals surface area (Å²) < 4.78 is 107. The molecule has 0 saturated heterocycles. The van der Waals surface area contributed by atoms with E-state index in [9.17, 15) is 44.8 Å². The zero-order valence-electron chi connectivity index (χ0n) is 17.9. The predicted octanol–water partition coefficient (Wildman–Crippen LogP) is 3.45. The molecule has 0 aliphatic heterocycles. The van der Waals surface area contributed by atoms with Crippen molar-refractivity contribution in [3.8, 4) is 6.07 Å². The molecule has 2 atom stereocenters. The number of carbonyl (C=O) groups is 1. The number of halogens is 6. The minimum absolute atomic E-state index is 0.232. The van der Waals surface area contributed by atoms with Crippen LogP contribution in [0.2, 0.25) is 0 Å². The Labute approximate surface area is 196 Å². The lowest BCUT2D eigenvalue weighted by Gasteiger charge is -2.28. The number of hydrogen-bond donors (Lipinski definition) is 2. The molecule has 2 aromatic rings. The Hall–Kier alpha value is -3.11. The zero-order chi connectivity index (χ0) is 26.0. The summed E-state index contributed by atoms with van der Waals surface area (Å²) in [5, 5.41) is 13.4. The van der Waals surface area contributed by atoms with Crippen LogP contribution in [-0.4, -0.2) is 37.8 Å². The summed E-state index contributed by atoms with van der Waals surface area (Å²) in [6.45, 7) is 0. The lowest BCUT2D eigenvalue weighted by Crippen LogP contribution is -2.54. The first-order chi connectivity index (χ1) is 16.2. The smallest absolute Gasteiger partial charge is 0.336 e. The van der Waals surface area contributed by atoms with E-state index < -0.39 is 79.6 Å². The standard InChI is InChI=1S/C22H19F6N3O3S/c23-15-4-1-13(2-5-15)19(22(26,27)28)30-18(20(32)31-21(12-29)7-8-21)11-35(33,34)10-14-3-6-16(24)9-17(14)25/h1-6,9,18-19,30H,7-8,10-11H2,(H,31,32)/t18?,19-/m1/s1. The monoisotopic (exact) mass is 519 g/mol. The SMILES string of the molecule is N#CC1(NC(=O)C(CS(=O)(=O)Cc2ccc(F)cc2F)N[C@H](c2ccc(F)cc2)C(F)(F)F)CC1. The molecule has 0 spiro atoms. The van der Waals surface area contributed by atoms with E-state index in [4.69, 9.17) is 0 Å². The number of alkyl halides is 3. The Morgan fingerprint density at radius 2 is 1.66 bits per heavy atom. The molecule has 1 amide bonds. The Morgan fingerprint density at radius 3 is 2.17 bits per heavy atom. The number of nitriles is 1. The number of sulfone groups is 1. The Bertz CT molecular complexity index is 1240. The third-order valence-electron chi connectivity index (χ3n) is 5.35. The van der Waals surface area contributed by atoms with Crippen LogP contribution in [0.25, 0.3) is 0 Å². The van der Waals surface area contributed by atoms with E-state index in [1.54, 1.807) is 0 Å². The van der Waals surface area contributed by atoms with Gasteiger partial charge in [0.2, 0.25) is 5.91 Å². The van der Waals surface area contributed by atoms with Gasteiger partial charge in [-0.05, 0) is 36.6 Å². The molecule has 13 heteroatoms. The van der Waals surface area contributed by atoms with Gasteiger partial charge in [-0.3, -0.25) is 10.1 Å². The fraction of sp³-hybridized carbons (Fsp3) is 0.364. The molecular weight excluding hydrogens is 500 g/mol. The topological polar surface area (TPSA) is 99.1 Å². The van der Waals surface area contributed by atoms with Crippen molar-refractivity contribution in [3.63, 3.8) is 0 Å². The van der Waals surface area contributed by atoms with E-state index in [0.29, 0.717) is 6.07 Å². The first-order valence-electron chi connectivity index (χ1n) is 10.2. The van der Waals surface area contributed by atoms with Crippen molar-refractivity contribution in [2.45, 2.75) is 42.4 Å². The van der Waals surface area contributed by atoms with Crippen molar-refractivity contribution in [2.24, 2.45) is 0 Å². The molecule has 1 aliphatic rings. The molecule has 188 valence electrons. The Kier molecular flexibility index (Phi) is 7.47. The number of nitrogens with one attached hydrogen (secondary N) is 2. The van der Waals surface area contributed by atoms with Crippen molar-refractivity contribution in [1.82, 2.24) is 10.6 Å². The van der Waals surface area contributed by atoms with Crippen LogP contribution in [0.15, 0.2) is 42.5 Å². The van der Waals surface area contributed by atoms with Gasteiger partial charge in [0.15, 0.2) is 9.84 Å². The van der Waals surface area contributed by atoms with Crippen LogP contribution >= 0.6 is 0 Å². The molecule has 2 aromatic carbocycles. The highest BCUT2D eigenvalue weighted by molar-refractivity contribution is 7.90. The summed E-state index contributed by atoms with van der Waals surface area (Å²) in [6.07, 6.45) is -4.55. The summed E-state index contributed by atoms with van der Waals surface area (Å²) in [6, 6.07) is 2.58. The van der Waals surface area contributed by atoms with E-state index in [1.165, 1.54) is 0 Å². The van der Waals surface area contributed by atoms with Gasteiger partial charge in [-0.25, -0.2) is 21.6 Å². The Morgan fingerprint density at radius 1 is 1.06 bits per heavy atom. The minimum Gasteiger partial charge on any atom is -0.336 e. The van der Waals surface area contributed by atoms with Gasteiger partial charge in [0.1, 0.15) is 35.1 Å². The van der Waals surface area contributed by atoms with Crippen LogP contribution in [0.1, 0.15) is 30.0 Å². The van der Waals surface area contributed by atoms with Gasteiger partial charge >= 0.3 is 6.18 Å². The van der Waals surface area contributed by atoms with Crippen molar-refractivity contribution in [1.29, 1.82) is 5.26 Å². The summed E-state index contributed by atoms with van der Waals surface area (Å²) in [7, 11) is -4.43. The van der Waals surface area contributed by atoms with Crippen LogP contribution in [0.3, 0.4) is 0 Å². The second kappa shape index (κ2) is 9.87. The lowest BCUT2D eigenvalue weighted by atomic mass is 10.0. The first-order valence-corrected chi connectivity index (χ1v) is 12.0. The number of rotatable bonds is 9. The molecule has 0 radical (unpaired) electrons. The predicted molar refractivity (Wildman–Crippen MR) is 112 cm³/mol. The van der Waals surface area contributed by atoms with Gasteiger partial charge in [-0.2, -0.15) is 18.4 Å². The molecule has 0 heterocycles. The summed E-state index contributed by atoms with van der Waals surface area (Å²) in [5.41, 5.74) is -2.24. The Balaban J connectivity index is 1.91. The average Bonchev–Trinajstić information content (AvgIpc) is 3.53. The number of hydrogen-bond acceptors (Lipinski definition) is 5. The first kappa shape index (κ1) is 26.5. The largest absolute Gasteiger partial charge is 0.407 e. The highest BCUT2D eigenvalue weighted by Crippen LogP contribution is 2.36. The van der Waals surface area contributed by atoms with Crippen LogP contribution in [0.4, 0.5) is 26.3 Å². The van der Waals surface area contributed by atoms with Gasteiger partial charge in [-0.15, -0.1) is 0 Å². The number of nitrogens with zero attached hydrogens (tertiary/aromatic N) is 1. The molecule has 1 aliphatic carbocycles. The molecule has 1 saturated carbocycles. The van der Waals surface area contributed by atoms with Gasteiger partial charge in [0, 0.05) is 11.6 Å². The normalized spacial score (nSPS) is 16.7. The quantitative estimate of drug-likeness (QED) is 0.495. The summed E-state index contributed by atoms with van der Waals surface area (Å²) >= 11 is 0. The summed E-state index contributed by atoms with van der Waals surface area (Å²) in [4.78, 5) is 12.8. The molecule has 6 nitrogen and oxygen atoms in total. The lowest BCUT2D eigenvalue weighted by molar-refractivity contribution is -0.160. The van der Waals surface area contributed by atoms with E-state index in [1.807, 2.05) is 11.4 Å². The molecule has 2 N–H and O–H groups in total.